The van der Waals surface area contributed by atoms with Gasteiger partial charge < -0.3 is 29.4 Å². The van der Waals surface area contributed by atoms with Crippen molar-refractivity contribution < 1.29 is 37.4 Å². The van der Waals surface area contributed by atoms with E-state index in [2.05, 4.69) is 48.6 Å². The van der Waals surface area contributed by atoms with Crippen molar-refractivity contribution in [2.24, 2.45) is 0 Å². The number of allylic oxidation sites excluding steroid dienone is 8. The standard InChI is InChI=1S/2C8H11.BF4.Ir/c2*1-2-4-6-8-7-5-3-1;2-1(3,4)5;/h2*1-2,7H,3-6H2;;/q3*-1;+3/b2-1-;;;. The molecule has 0 fully saturated rings. The van der Waals surface area contributed by atoms with Crippen LogP contribution in [0.2, 0.25) is 0 Å². The summed E-state index contributed by atoms with van der Waals surface area (Å²) in [6.45, 7) is 0. The quantitative estimate of drug-likeness (QED) is 0.162. The second-order valence-corrected chi connectivity index (χ2v) is 4.49. The summed E-state index contributed by atoms with van der Waals surface area (Å²) in [4.78, 5) is 0. The molecule has 0 aromatic rings. The van der Waals surface area contributed by atoms with E-state index in [0.29, 0.717) is 0 Å². The first-order valence-corrected chi connectivity index (χ1v) is 7.27. The first kappa shape index (κ1) is 23.7. The van der Waals surface area contributed by atoms with Crippen LogP contribution >= 0.6 is 0 Å². The average Bonchev–Trinajstić information content (AvgIpc) is 2.24. The molecule has 0 aromatic carbocycles. The van der Waals surface area contributed by atoms with E-state index in [-0.39, 0.29) is 20.1 Å². The number of hydrogen-bond acceptors (Lipinski definition) is 0. The summed E-state index contributed by atoms with van der Waals surface area (Å²) in [7, 11) is -6.00. The van der Waals surface area contributed by atoms with Crippen LogP contribution in [0.1, 0.15) is 51.4 Å². The maximum absolute atomic E-state index is 9.75. The predicted molar refractivity (Wildman–Crippen MR) is 81.0 cm³/mol. The van der Waals surface area contributed by atoms with Crippen molar-refractivity contribution in [3.05, 3.63) is 48.6 Å². The van der Waals surface area contributed by atoms with Crippen molar-refractivity contribution in [3.8, 4) is 0 Å². The molecule has 2 aliphatic rings. The smallest absolute Gasteiger partial charge is 0.500 e. The van der Waals surface area contributed by atoms with Crippen LogP contribution in [0.25, 0.3) is 0 Å². The van der Waals surface area contributed by atoms with Crippen molar-refractivity contribution in [1.82, 2.24) is 0 Å². The van der Waals surface area contributed by atoms with Gasteiger partial charge in [-0.2, -0.15) is 12.8 Å². The molecule has 0 N–H and O–H groups in total. The van der Waals surface area contributed by atoms with Gasteiger partial charge in [0.05, 0.1) is 0 Å². The molecule has 0 spiro atoms. The Hall–Kier alpha value is -0.606. The number of hydrogen-bond donors (Lipinski definition) is 0. The molecule has 0 nitrogen and oxygen atoms in total. The largest absolute Gasteiger partial charge is 3.00 e. The van der Waals surface area contributed by atoms with Gasteiger partial charge in [-0.3, -0.25) is 12.2 Å². The fourth-order valence-electron chi connectivity index (χ4n) is 1.57. The third kappa shape index (κ3) is 27.7. The van der Waals surface area contributed by atoms with E-state index in [1.54, 1.807) is 0 Å². The minimum atomic E-state index is -6.00. The van der Waals surface area contributed by atoms with Gasteiger partial charge in [-0.05, 0) is 12.8 Å². The second kappa shape index (κ2) is 16.8. The minimum Gasteiger partial charge on any atom is -0.500 e. The maximum atomic E-state index is 9.75. The maximum Gasteiger partial charge on any atom is 3.00 e. The summed E-state index contributed by atoms with van der Waals surface area (Å²) in [5.74, 6) is 0. The summed E-state index contributed by atoms with van der Waals surface area (Å²) in [6, 6.07) is 0. The van der Waals surface area contributed by atoms with Crippen molar-refractivity contribution in [1.29, 1.82) is 0 Å². The van der Waals surface area contributed by atoms with Crippen LogP contribution in [0, 0.1) is 12.2 Å². The summed E-state index contributed by atoms with van der Waals surface area (Å²) in [6.07, 6.45) is 29.0. The van der Waals surface area contributed by atoms with Crippen molar-refractivity contribution in [2.45, 2.75) is 51.4 Å². The SMILES string of the molecule is F[B-](F)(F)F.[C-]1=CCC/C=C\CC1.[C-]1=CCCC=CCC1.[Ir+3]. The van der Waals surface area contributed by atoms with E-state index in [1.807, 2.05) is 0 Å². The van der Waals surface area contributed by atoms with Crippen LogP contribution in [0.4, 0.5) is 17.3 Å². The fraction of sp³-hybridized carbons (Fsp3) is 0.500. The molecule has 0 aliphatic heterocycles. The number of halogens is 4. The molecule has 0 unspecified atom stereocenters. The van der Waals surface area contributed by atoms with Gasteiger partial charge >= 0.3 is 27.4 Å². The third-order valence-corrected chi connectivity index (χ3v) is 2.49. The van der Waals surface area contributed by atoms with Crippen molar-refractivity contribution in [2.75, 3.05) is 0 Å². The molecule has 0 amide bonds. The molecule has 6 heteroatoms. The summed E-state index contributed by atoms with van der Waals surface area (Å²) in [5, 5.41) is 0. The van der Waals surface area contributed by atoms with Crippen LogP contribution in [0.5, 0.6) is 0 Å². The molecule has 0 saturated heterocycles. The van der Waals surface area contributed by atoms with Gasteiger partial charge in [-0.15, -0.1) is 0 Å². The van der Waals surface area contributed by atoms with Gasteiger partial charge in [0.2, 0.25) is 0 Å². The Morgan fingerprint density at radius 2 is 0.909 bits per heavy atom. The number of rotatable bonds is 0. The van der Waals surface area contributed by atoms with Crippen molar-refractivity contribution in [3.63, 3.8) is 0 Å². The molecule has 0 bridgehead atoms. The fourth-order valence-corrected chi connectivity index (χ4v) is 1.57. The van der Waals surface area contributed by atoms with Crippen molar-refractivity contribution >= 4 is 7.25 Å². The van der Waals surface area contributed by atoms with Gasteiger partial charge in [-0.25, -0.2) is 0 Å². The molecule has 126 valence electrons. The molecule has 2 aliphatic carbocycles. The predicted octanol–water partition coefficient (Wildman–Crippen LogP) is 6.25. The Kier molecular flexibility index (Phi) is 18.0. The van der Waals surface area contributed by atoms with Crippen LogP contribution in [0.15, 0.2) is 36.5 Å². The molecule has 0 heterocycles. The topological polar surface area (TPSA) is 0 Å². The van der Waals surface area contributed by atoms with Gasteiger partial charge in [0.1, 0.15) is 0 Å². The molecule has 0 aromatic heterocycles. The van der Waals surface area contributed by atoms with Crippen LogP contribution in [-0.2, 0) is 20.1 Å². The first-order valence-electron chi connectivity index (χ1n) is 7.27. The van der Waals surface area contributed by atoms with Gasteiger partial charge in [0.25, 0.3) is 0 Å². The second-order valence-electron chi connectivity index (χ2n) is 4.49. The van der Waals surface area contributed by atoms with Gasteiger partial charge in [-0.1, -0.05) is 50.0 Å². The molecule has 22 heavy (non-hydrogen) atoms. The van der Waals surface area contributed by atoms with E-state index in [0.717, 1.165) is 12.8 Å². The molecule has 2 rings (SSSR count). The minimum absolute atomic E-state index is 0. The zero-order valence-corrected chi connectivity index (χ0v) is 14.9. The molecule has 0 atom stereocenters. The monoisotopic (exact) mass is 494 g/mol. The van der Waals surface area contributed by atoms with E-state index in [1.165, 1.54) is 38.5 Å². The van der Waals surface area contributed by atoms with E-state index < -0.39 is 7.25 Å². The summed E-state index contributed by atoms with van der Waals surface area (Å²) < 4.78 is 39.0. The van der Waals surface area contributed by atoms with Crippen LogP contribution < -0.4 is 0 Å². The van der Waals surface area contributed by atoms with Gasteiger partial charge in [0.15, 0.2) is 0 Å². The third-order valence-electron chi connectivity index (χ3n) is 2.49. The van der Waals surface area contributed by atoms with E-state index >= 15 is 0 Å². The van der Waals surface area contributed by atoms with Crippen LogP contribution in [-0.4, -0.2) is 7.25 Å². The normalized spacial score (nSPS) is 18.7. The molecule has 0 saturated carbocycles. The first-order chi connectivity index (χ1) is 10.0. The van der Waals surface area contributed by atoms with E-state index in [4.69, 9.17) is 0 Å². The van der Waals surface area contributed by atoms with E-state index in [9.17, 15) is 17.3 Å². The molecular formula is C16H22BF4Ir. The Morgan fingerprint density at radius 1 is 0.591 bits per heavy atom. The molecular weight excluding hydrogens is 471 g/mol. The molecule has 0 radical (unpaired) electrons. The Morgan fingerprint density at radius 3 is 1.27 bits per heavy atom. The Balaban J connectivity index is 0. The van der Waals surface area contributed by atoms with Crippen LogP contribution in [0.3, 0.4) is 0 Å². The zero-order chi connectivity index (χ0) is 15.8. The zero-order valence-electron chi connectivity index (χ0n) is 12.5. The average molecular weight is 493 g/mol. The Bertz CT molecular complexity index is 261. The van der Waals surface area contributed by atoms with Gasteiger partial charge in [0, 0.05) is 0 Å². The summed E-state index contributed by atoms with van der Waals surface area (Å²) in [5.41, 5.74) is 0. The Labute approximate surface area is 144 Å². The summed E-state index contributed by atoms with van der Waals surface area (Å²) >= 11 is 0.